The van der Waals surface area contributed by atoms with Gasteiger partial charge in [0.15, 0.2) is 0 Å². The van der Waals surface area contributed by atoms with Crippen molar-refractivity contribution in [3.63, 3.8) is 0 Å². The molecule has 0 aromatic carbocycles. The maximum atomic E-state index is 4.46. The molecular formula is C13H25N3. The lowest BCUT2D eigenvalue weighted by molar-refractivity contribution is 0.290. The second kappa shape index (κ2) is 4.89. The Hall–Kier alpha value is -0.990. The molecule has 0 aliphatic carbocycles. The summed E-state index contributed by atoms with van der Waals surface area (Å²) in [6.07, 6.45) is 5.55. The topological polar surface area (TPSA) is 21.1 Å². The monoisotopic (exact) mass is 223 g/mol. The summed E-state index contributed by atoms with van der Waals surface area (Å²) in [6, 6.07) is 0. The molecule has 1 heterocycles. The maximum absolute atomic E-state index is 4.46. The van der Waals surface area contributed by atoms with Crippen molar-refractivity contribution >= 4 is 5.95 Å². The van der Waals surface area contributed by atoms with Crippen LogP contribution in [-0.2, 0) is 13.5 Å². The Labute approximate surface area is 99.5 Å². The molecular weight excluding hydrogens is 198 g/mol. The predicted octanol–water partition coefficient (Wildman–Crippen LogP) is 2.85. The lowest BCUT2D eigenvalue weighted by Crippen LogP contribution is -2.20. The van der Waals surface area contributed by atoms with Crippen molar-refractivity contribution in [3.05, 3.63) is 11.9 Å². The van der Waals surface area contributed by atoms with Gasteiger partial charge in [0.1, 0.15) is 0 Å². The highest BCUT2D eigenvalue weighted by Gasteiger charge is 2.22. The minimum absolute atomic E-state index is 0.400. The van der Waals surface area contributed by atoms with Crippen molar-refractivity contribution in [1.29, 1.82) is 0 Å². The van der Waals surface area contributed by atoms with Crippen LogP contribution in [-0.4, -0.2) is 23.6 Å². The molecule has 1 rings (SSSR count). The number of hydrogen-bond acceptors (Lipinski definition) is 2. The molecule has 1 aromatic rings. The second-order valence-corrected chi connectivity index (χ2v) is 5.20. The molecule has 0 fully saturated rings. The van der Waals surface area contributed by atoms with Crippen LogP contribution >= 0.6 is 0 Å². The standard InChI is InChI=1S/C13H25N3/c1-7-13(3,8-2)9-11-10-14-12(15(4)5)16(11)6/h10H,7-9H2,1-6H3. The normalized spacial score (nSPS) is 11.9. The van der Waals surface area contributed by atoms with Crippen LogP contribution in [0.4, 0.5) is 5.95 Å². The fourth-order valence-electron chi connectivity index (χ4n) is 1.95. The van der Waals surface area contributed by atoms with E-state index >= 15 is 0 Å². The Kier molecular flexibility index (Phi) is 4.00. The Morgan fingerprint density at radius 2 is 1.88 bits per heavy atom. The largest absolute Gasteiger partial charge is 0.348 e. The summed E-state index contributed by atoms with van der Waals surface area (Å²) in [5.74, 6) is 1.03. The molecule has 3 heteroatoms. The first-order valence-electron chi connectivity index (χ1n) is 6.11. The van der Waals surface area contributed by atoms with Crippen LogP contribution in [0.15, 0.2) is 6.20 Å². The zero-order chi connectivity index (χ0) is 12.3. The van der Waals surface area contributed by atoms with Crippen molar-refractivity contribution in [3.8, 4) is 0 Å². The van der Waals surface area contributed by atoms with E-state index in [1.165, 1.54) is 18.5 Å². The van der Waals surface area contributed by atoms with Gasteiger partial charge in [-0.2, -0.15) is 0 Å². The first kappa shape index (κ1) is 13.1. The summed E-state index contributed by atoms with van der Waals surface area (Å²) in [5, 5.41) is 0. The number of nitrogens with zero attached hydrogens (tertiary/aromatic N) is 3. The van der Waals surface area contributed by atoms with Gasteiger partial charge in [-0.1, -0.05) is 33.6 Å². The highest BCUT2D eigenvalue weighted by Crippen LogP contribution is 2.30. The van der Waals surface area contributed by atoms with E-state index in [0.717, 1.165) is 12.4 Å². The molecule has 3 nitrogen and oxygen atoms in total. The number of rotatable bonds is 5. The van der Waals surface area contributed by atoms with E-state index in [1.807, 2.05) is 20.3 Å². The first-order valence-corrected chi connectivity index (χ1v) is 6.11. The molecule has 0 aliphatic heterocycles. The third-order valence-electron chi connectivity index (χ3n) is 3.77. The van der Waals surface area contributed by atoms with Gasteiger partial charge in [0.2, 0.25) is 5.95 Å². The van der Waals surface area contributed by atoms with E-state index in [-0.39, 0.29) is 0 Å². The second-order valence-electron chi connectivity index (χ2n) is 5.20. The number of anilines is 1. The molecule has 0 atom stereocenters. The van der Waals surface area contributed by atoms with E-state index < -0.39 is 0 Å². The minimum Gasteiger partial charge on any atom is -0.348 e. The summed E-state index contributed by atoms with van der Waals surface area (Å²) in [4.78, 5) is 6.51. The lowest BCUT2D eigenvalue weighted by atomic mass is 9.80. The van der Waals surface area contributed by atoms with Crippen LogP contribution in [0.2, 0.25) is 0 Å². The van der Waals surface area contributed by atoms with Crippen LogP contribution in [0, 0.1) is 5.41 Å². The number of hydrogen-bond donors (Lipinski definition) is 0. The molecule has 0 N–H and O–H groups in total. The molecule has 0 saturated heterocycles. The van der Waals surface area contributed by atoms with E-state index in [4.69, 9.17) is 0 Å². The smallest absolute Gasteiger partial charge is 0.204 e. The Bertz CT molecular complexity index is 335. The summed E-state index contributed by atoms with van der Waals surface area (Å²) >= 11 is 0. The average molecular weight is 223 g/mol. The van der Waals surface area contributed by atoms with Crippen molar-refractivity contribution in [2.24, 2.45) is 12.5 Å². The van der Waals surface area contributed by atoms with Crippen LogP contribution in [0.3, 0.4) is 0 Å². The Morgan fingerprint density at radius 1 is 1.31 bits per heavy atom. The highest BCUT2D eigenvalue weighted by molar-refractivity contribution is 5.31. The van der Waals surface area contributed by atoms with Crippen LogP contribution in [0.1, 0.15) is 39.3 Å². The van der Waals surface area contributed by atoms with Crippen LogP contribution in [0.5, 0.6) is 0 Å². The third-order valence-corrected chi connectivity index (χ3v) is 3.77. The Morgan fingerprint density at radius 3 is 2.25 bits per heavy atom. The fourth-order valence-corrected chi connectivity index (χ4v) is 1.95. The molecule has 0 saturated carbocycles. The molecule has 0 amide bonds. The quantitative estimate of drug-likeness (QED) is 0.765. The summed E-state index contributed by atoms with van der Waals surface area (Å²) < 4.78 is 2.20. The predicted molar refractivity (Wildman–Crippen MR) is 69.9 cm³/mol. The van der Waals surface area contributed by atoms with Gasteiger partial charge < -0.3 is 9.47 Å². The van der Waals surface area contributed by atoms with Gasteiger partial charge in [0.25, 0.3) is 0 Å². The van der Waals surface area contributed by atoms with E-state index in [2.05, 4.69) is 42.3 Å². The fraction of sp³-hybridized carbons (Fsp3) is 0.769. The molecule has 0 spiro atoms. The molecule has 92 valence electrons. The van der Waals surface area contributed by atoms with E-state index in [9.17, 15) is 0 Å². The number of aromatic nitrogens is 2. The van der Waals surface area contributed by atoms with Gasteiger partial charge in [-0.3, -0.25) is 0 Å². The molecule has 0 bridgehead atoms. The summed E-state index contributed by atoms with van der Waals surface area (Å²) in [5.41, 5.74) is 1.73. The van der Waals surface area contributed by atoms with Gasteiger partial charge in [0.05, 0.1) is 6.20 Å². The average Bonchev–Trinajstić information content (AvgIpc) is 2.60. The Balaban J connectivity index is 2.90. The zero-order valence-electron chi connectivity index (χ0n) is 11.5. The third kappa shape index (κ3) is 2.57. The van der Waals surface area contributed by atoms with Crippen molar-refractivity contribution in [1.82, 2.24) is 9.55 Å². The summed E-state index contributed by atoms with van der Waals surface area (Å²) in [7, 11) is 6.17. The summed E-state index contributed by atoms with van der Waals surface area (Å²) in [6.45, 7) is 6.90. The number of imidazole rings is 1. The molecule has 0 radical (unpaired) electrons. The van der Waals surface area contributed by atoms with E-state index in [0.29, 0.717) is 5.41 Å². The van der Waals surface area contributed by atoms with E-state index in [1.54, 1.807) is 0 Å². The van der Waals surface area contributed by atoms with Crippen molar-refractivity contribution in [2.45, 2.75) is 40.0 Å². The molecule has 1 aromatic heterocycles. The van der Waals surface area contributed by atoms with Crippen molar-refractivity contribution < 1.29 is 0 Å². The molecule has 0 aliphatic rings. The van der Waals surface area contributed by atoms with Gasteiger partial charge >= 0.3 is 0 Å². The van der Waals surface area contributed by atoms with Crippen LogP contribution < -0.4 is 4.90 Å². The lowest BCUT2D eigenvalue weighted by Gasteiger charge is -2.26. The highest BCUT2D eigenvalue weighted by atomic mass is 15.3. The first-order chi connectivity index (χ1) is 7.43. The molecule has 16 heavy (non-hydrogen) atoms. The van der Waals surface area contributed by atoms with Crippen molar-refractivity contribution in [2.75, 3.05) is 19.0 Å². The molecule has 0 unspecified atom stereocenters. The van der Waals surface area contributed by atoms with Gasteiger partial charge in [0, 0.05) is 26.8 Å². The minimum atomic E-state index is 0.400. The zero-order valence-corrected chi connectivity index (χ0v) is 11.5. The van der Waals surface area contributed by atoms with Crippen LogP contribution in [0.25, 0.3) is 0 Å². The maximum Gasteiger partial charge on any atom is 0.204 e. The SMILES string of the molecule is CCC(C)(CC)Cc1cnc(N(C)C)n1C. The van der Waals surface area contributed by atoms with Gasteiger partial charge in [-0.25, -0.2) is 4.98 Å². The van der Waals surface area contributed by atoms with Gasteiger partial charge in [-0.05, 0) is 11.8 Å². The van der Waals surface area contributed by atoms with Gasteiger partial charge in [-0.15, -0.1) is 0 Å².